The molecule has 1 aliphatic carbocycles. The summed E-state index contributed by atoms with van der Waals surface area (Å²) in [4.78, 5) is 9.32. The average Bonchev–Trinajstić information content (AvgIpc) is 3.15. The summed E-state index contributed by atoms with van der Waals surface area (Å²) in [5, 5.41) is 7.18. The molecule has 2 N–H and O–H groups in total. The lowest BCUT2D eigenvalue weighted by atomic mass is 9.79. The molecule has 1 saturated carbocycles. The molecule has 3 rings (SSSR count). The van der Waals surface area contributed by atoms with E-state index in [1.54, 1.807) is 0 Å². The van der Waals surface area contributed by atoms with Crippen LogP contribution in [0.1, 0.15) is 31.2 Å². The number of piperazine rings is 1. The molecule has 2 fully saturated rings. The molecule has 0 spiro atoms. The van der Waals surface area contributed by atoms with Crippen LogP contribution in [-0.2, 0) is 5.41 Å². The predicted molar refractivity (Wildman–Crippen MR) is 110 cm³/mol. The molecule has 0 aromatic heterocycles. The molecule has 26 heavy (non-hydrogen) atoms. The minimum Gasteiger partial charge on any atom is -0.356 e. The molecule has 5 heteroatoms. The number of guanidine groups is 1. The third-order valence-electron chi connectivity index (χ3n) is 6.25. The lowest BCUT2D eigenvalue weighted by Gasteiger charge is -2.38. The van der Waals surface area contributed by atoms with Crippen molar-refractivity contribution in [1.82, 2.24) is 20.4 Å². The van der Waals surface area contributed by atoms with Gasteiger partial charge in [-0.15, -0.1) is 0 Å². The van der Waals surface area contributed by atoms with Gasteiger partial charge in [0, 0.05) is 51.2 Å². The molecule has 144 valence electrons. The van der Waals surface area contributed by atoms with Crippen molar-refractivity contribution in [2.75, 3.05) is 53.9 Å². The fourth-order valence-corrected chi connectivity index (χ4v) is 4.42. The summed E-state index contributed by atoms with van der Waals surface area (Å²) in [6.07, 6.45) is 5.16. The zero-order valence-electron chi connectivity index (χ0n) is 16.7. The third-order valence-corrected chi connectivity index (χ3v) is 6.25. The van der Waals surface area contributed by atoms with E-state index < -0.39 is 0 Å². The van der Waals surface area contributed by atoms with Gasteiger partial charge in [-0.05, 0) is 32.5 Å². The zero-order valence-corrected chi connectivity index (χ0v) is 16.7. The quantitative estimate of drug-likeness (QED) is 0.624. The van der Waals surface area contributed by atoms with E-state index in [0.717, 1.165) is 38.7 Å². The van der Waals surface area contributed by atoms with Crippen molar-refractivity contribution in [3.63, 3.8) is 0 Å². The van der Waals surface area contributed by atoms with E-state index in [-0.39, 0.29) is 5.41 Å². The number of likely N-dealkylation sites (N-methyl/N-ethyl adjacent to an activating group) is 2. The third kappa shape index (κ3) is 4.57. The molecule has 1 aliphatic heterocycles. The van der Waals surface area contributed by atoms with Crippen LogP contribution in [0.2, 0.25) is 0 Å². The second kappa shape index (κ2) is 8.87. The number of nitrogens with zero attached hydrogens (tertiary/aromatic N) is 3. The maximum atomic E-state index is 4.46. The molecule has 1 saturated heterocycles. The Balaban J connectivity index is 1.56. The number of benzene rings is 1. The van der Waals surface area contributed by atoms with Gasteiger partial charge in [-0.1, -0.05) is 43.2 Å². The van der Waals surface area contributed by atoms with Crippen LogP contribution < -0.4 is 10.6 Å². The molecule has 1 heterocycles. The Morgan fingerprint density at radius 1 is 1.12 bits per heavy atom. The first-order chi connectivity index (χ1) is 12.6. The molecule has 1 unspecified atom stereocenters. The van der Waals surface area contributed by atoms with Crippen LogP contribution in [0.25, 0.3) is 0 Å². The summed E-state index contributed by atoms with van der Waals surface area (Å²) in [5.74, 6) is 0.925. The number of nitrogens with one attached hydrogen (secondary N) is 2. The number of aliphatic imine (C=N–C) groups is 1. The van der Waals surface area contributed by atoms with Gasteiger partial charge in [0.2, 0.25) is 0 Å². The van der Waals surface area contributed by atoms with Crippen LogP contribution in [0.3, 0.4) is 0 Å². The Morgan fingerprint density at radius 2 is 1.85 bits per heavy atom. The first-order valence-electron chi connectivity index (χ1n) is 10.0. The van der Waals surface area contributed by atoms with Crippen LogP contribution in [0.15, 0.2) is 35.3 Å². The van der Waals surface area contributed by atoms with Gasteiger partial charge in [0.1, 0.15) is 0 Å². The van der Waals surface area contributed by atoms with E-state index in [4.69, 9.17) is 0 Å². The van der Waals surface area contributed by atoms with E-state index in [1.165, 1.54) is 31.2 Å². The average molecular weight is 358 g/mol. The minimum absolute atomic E-state index is 0.251. The number of hydrogen-bond acceptors (Lipinski definition) is 3. The highest BCUT2D eigenvalue weighted by molar-refractivity contribution is 5.79. The smallest absolute Gasteiger partial charge is 0.191 e. The van der Waals surface area contributed by atoms with Gasteiger partial charge in [-0.2, -0.15) is 0 Å². The number of rotatable bonds is 5. The van der Waals surface area contributed by atoms with E-state index in [1.807, 2.05) is 7.05 Å². The van der Waals surface area contributed by atoms with Crippen molar-refractivity contribution in [3.8, 4) is 0 Å². The summed E-state index contributed by atoms with van der Waals surface area (Å²) >= 11 is 0. The summed E-state index contributed by atoms with van der Waals surface area (Å²) < 4.78 is 0. The highest BCUT2D eigenvalue weighted by Crippen LogP contribution is 2.40. The van der Waals surface area contributed by atoms with Crippen molar-refractivity contribution in [2.45, 2.75) is 37.1 Å². The summed E-state index contributed by atoms with van der Waals surface area (Å²) in [6, 6.07) is 11.5. The second-order valence-electron chi connectivity index (χ2n) is 8.06. The second-order valence-corrected chi connectivity index (χ2v) is 8.06. The van der Waals surface area contributed by atoms with E-state index >= 15 is 0 Å². The molecule has 0 amide bonds. The Morgan fingerprint density at radius 3 is 2.54 bits per heavy atom. The van der Waals surface area contributed by atoms with Crippen LogP contribution >= 0.6 is 0 Å². The highest BCUT2D eigenvalue weighted by atomic mass is 15.3. The fourth-order valence-electron chi connectivity index (χ4n) is 4.42. The molecule has 0 radical (unpaired) electrons. The molecular formula is C21H35N5. The fraction of sp³-hybridized carbons (Fsp3) is 0.667. The van der Waals surface area contributed by atoms with Crippen LogP contribution in [0.4, 0.5) is 0 Å². The highest BCUT2D eigenvalue weighted by Gasteiger charge is 2.35. The Bertz CT molecular complexity index is 579. The first-order valence-corrected chi connectivity index (χ1v) is 10.0. The van der Waals surface area contributed by atoms with Crippen LogP contribution in [-0.4, -0.2) is 75.7 Å². The molecule has 5 nitrogen and oxygen atoms in total. The van der Waals surface area contributed by atoms with E-state index in [2.05, 4.69) is 69.9 Å². The lowest BCUT2D eigenvalue weighted by molar-refractivity contribution is 0.116. The standard InChI is InChI=1S/C21H35N5/c1-22-20(23-15-19-16-25(2)13-14-26(19)3)24-17-21(11-7-8-12-21)18-9-5-4-6-10-18/h4-6,9-10,19H,7-8,11-17H2,1-3H3,(H2,22,23,24). The van der Waals surface area contributed by atoms with Crippen molar-refractivity contribution < 1.29 is 0 Å². The van der Waals surface area contributed by atoms with Crippen molar-refractivity contribution in [2.24, 2.45) is 4.99 Å². The molecule has 1 aromatic rings. The van der Waals surface area contributed by atoms with Gasteiger partial charge in [0.05, 0.1) is 0 Å². The van der Waals surface area contributed by atoms with E-state index in [9.17, 15) is 0 Å². The largest absolute Gasteiger partial charge is 0.356 e. The minimum atomic E-state index is 0.251. The first kappa shape index (κ1) is 19.2. The summed E-state index contributed by atoms with van der Waals surface area (Å²) in [7, 11) is 6.30. The van der Waals surface area contributed by atoms with Gasteiger partial charge >= 0.3 is 0 Å². The van der Waals surface area contributed by atoms with Gasteiger partial charge in [0.25, 0.3) is 0 Å². The predicted octanol–water partition coefficient (Wildman–Crippen LogP) is 1.91. The van der Waals surface area contributed by atoms with Crippen molar-refractivity contribution in [3.05, 3.63) is 35.9 Å². The normalized spacial score (nSPS) is 24.6. The van der Waals surface area contributed by atoms with Gasteiger partial charge < -0.3 is 15.5 Å². The summed E-state index contributed by atoms with van der Waals surface area (Å²) in [6.45, 7) is 5.27. The van der Waals surface area contributed by atoms with Crippen molar-refractivity contribution >= 4 is 5.96 Å². The number of hydrogen-bond donors (Lipinski definition) is 2. The van der Waals surface area contributed by atoms with E-state index in [0.29, 0.717) is 6.04 Å². The zero-order chi connectivity index (χ0) is 18.4. The lowest BCUT2D eigenvalue weighted by Crippen LogP contribution is -2.56. The maximum Gasteiger partial charge on any atom is 0.191 e. The van der Waals surface area contributed by atoms with Gasteiger partial charge in [-0.3, -0.25) is 9.89 Å². The molecular weight excluding hydrogens is 322 g/mol. The molecule has 0 bridgehead atoms. The molecule has 2 aliphatic rings. The Hall–Kier alpha value is -1.59. The topological polar surface area (TPSA) is 42.9 Å². The Labute approximate surface area is 158 Å². The van der Waals surface area contributed by atoms with Gasteiger partial charge in [0.15, 0.2) is 5.96 Å². The maximum absolute atomic E-state index is 4.46. The Kier molecular flexibility index (Phi) is 6.54. The SMILES string of the molecule is CN=C(NCC1CN(C)CCN1C)NCC1(c2ccccc2)CCCC1. The van der Waals surface area contributed by atoms with Crippen molar-refractivity contribution in [1.29, 1.82) is 0 Å². The van der Waals surface area contributed by atoms with Gasteiger partial charge in [-0.25, -0.2) is 0 Å². The summed E-state index contributed by atoms with van der Waals surface area (Å²) in [5.41, 5.74) is 1.72. The molecule has 1 atom stereocenters. The van der Waals surface area contributed by atoms with Crippen LogP contribution in [0.5, 0.6) is 0 Å². The van der Waals surface area contributed by atoms with Crippen LogP contribution in [0, 0.1) is 0 Å². The monoisotopic (exact) mass is 357 g/mol. The molecule has 1 aromatic carbocycles.